The Bertz CT molecular complexity index is 453. The van der Waals surface area contributed by atoms with Gasteiger partial charge in [-0.1, -0.05) is 12.1 Å². The van der Waals surface area contributed by atoms with Gasteiger partial charge in [-0.2, -0.15) is 0 Å². The molecule has 1 aromatic carbocycles. The van der Waals surface area contributed by atoms with E-state index >= 15 is 0 Å². The number of carbonyl (C=O) groups is 1. The van der Waals surface area contributed by atoms with Crippen molar-refractivity contribution in [3.63, 3.8) is 0 Å². The first-order valence-corrected chi connectivity index (χ1v) is 6.55. The summed E-state index contributed by atoms with van der Waals surface area (Å²) in [5.74, 6) is 0.120. The zero-order valence-corrected chi connectivity index (χ0v) is 10.4. The third-order valence-corrected chi connectivity index (χ3v) is 3.53. The second kappa shape index (κ2) is 5.08. The van der Waals surface area contributed by atoms with Crippen LogP contribution in [0.5, 0.6) is 0 Å². The molecule has 96 valence electrons. The number of rotatable bonds is 2. The number of nitrogens with one attached hydrogen (secondary N) is 2. The molecule has 0 aliphatic carbocycles. The highest BCUT2D eigenvalue weighted by Gasteiger charge is 2.17. The number of benzene rings is 1. The number of hydrogen-bond donors (Lipinski definition) is 2. The molecule has 2 aliphatic rings. The molecule has 1 atom stereocenters. The Hall–Kier alpha value is -1.39. The quantitative estimate of drug-likeness (QED) is 0.821. The minimum Gasteiger partial charge on any atom is -0.375 e. The van der Waals surface area contributed by atoms with Crippen LogP contribution in [-0.2, 0) is 22.4 Å². The molecule has 4 nitrogen and oxygen atoms in total. The summed E-state index contributed by atoms with van der Waals surface area (Å²) in [6.45, 7) is 2.67. The molecule has 1 unspecified atom stereocenters. The summed E-state index contributed by atoms with van der Waals surface area (Å²) in [5, 5.41) is 6.25. The molecule has 4 heteroatoms. The van der Waals surface area contributed by atoms with Crippen LogP contribution < -0.4 is 10.6 Å². The molecule has 2 heterocycles. The SMILES string of the molecule is O=C1CCc2cc(CC3CNCCO3)ccc2N1. The van der Waals surface area contributed by atoms with Crippen LogP contribution >= 0.6 is 0 Å². The van der Waals surface area contributed by atoms with Crippen molar-refractivity contribution in [1.29, 1.82) is 0 Å². The van der Waals surface area contributed by atoms with Crippen molar-refractivity contribution in [3.8, 4) is 0 Å². The summed E-state index contributed by atoms with van der Waals surface area (Å²) in [4.78, 5) is 11.3. The largest absolute Gasteiger partial charge is 0.375 e. The number of hydrogen-bond acceptors (Lipinski definition) is 3. The van der Waals surface area contributed by atoms with Gasteiger partial charge in [-0.15, -0.1) is 0 Å². The molecule has 0 bridgehead atoms. The van der Waals surface area contributed by atoms with E-state index in [0.29, 0.717) is 6.42 Å². The molecule has 18 heavy (non-hydrogen) atoms. The lowest BCUT2D eigenvalue weighted by molar-refractivity contribution is -0.116. The highest BCUT2D eigenvalue weighted by atomic mass is 16.5. The highest BCUT2D eigenvalue weighted by molar-refractivity contribution is 5.93. The minimum atomic E-state index is 0.120. The number of carbonyl (C=O) groups excluding carboxylic acids is 1. The van der Waals surface area contributed by atoms with Gasteiger partial charge in [-0.25, -0.2) is 0 Å². The second-order valence-corrected chi connectivity index (χ2v) is 4.94. The second-order valence-electron chi connectivity index (χ2n) is 4.94. The normalized spacial score (nSPS) is 23.3. The first kappa shape index (κ1) is 11.7. The number of morpholine rings is 1. The van der Waals surface area contributed by atoms with Crippen LogP contribution in [-0.4, -0.2) is 31.7 Å². The van der Waals surface area contributed by atoms with Gasteiger partial charge in [0.2, 0.25) is 5.91 Å². The van der Waals surface area contributed by atoms with Gasteiger partial charge in [-0.05, 0) is 30.0 Å². The molecule has 0 radical (unpaired) electrons. The van der Waals surface area contributed by atoms with E-state index in [1.807, 2.05) is 6.07 Å². The van der Waals surface area contributed by atoms with Crippen molar-refractivity contribution >= 4 is 11.6 Å². The standard InChI is InChI=1S/C14H18N2O2/c17-14-4-2-11-7-10(1-3-13(11)16-14)8-12-9-15-5-6-18-12/h1,3,7,12,15H,2,4-6,8-9H2,(H,16,17). The van der Waals surface area contributed by atoms with E-state index in [4.69, 9.17) is 4.74 Å². The maximum absolute atomic E-state index is 11.3. The average Bonchev–Trinajstić information content (AvgIpc) is 2.40. The predicted octanol–water partition coefficient (Wildman–Crippen LogP) is 1.10. The summed E-state index contributed by atoms with van der Waals surface area (Å²) in [5.41, 5.74) is 3.51. The molecule has 0 aromatic heterocycles. The lowest BCUT2D eigenvalue weighted by Gasteiger charge is -2.24. The van der Waals surface area contributed by atoms with Gasteiger partial charge in [0.25, 0.3) is 0 Å². The molecular formula is C14H18N2O2. The van der Waals surface area contributed by atoms with Crippen LogP contribution in [0.2, 0.25) is 0 Å². The van der Waals surface area contributed by atoms with Crippen LogP contribution in [0.15, 0.2) is 18.2 Å². The van der Waals surface area contributed by atoms with Crippen LogP contribution in [0.1, 0.15) is 17.5 Å². The summed E-state index contributed by atoms with van der Waals surface area (Å²) < 4.78 is 5.71. The number of aryl methyl sites for hydroxylation is 1. The average molecular weight is 246 g/mol. The molecule has 3 rings (SSSR count). The van der Waals surface area contributed by atoms with Crippen molar-refractivity contribution in [1.82, 2.24) is 5.32 Å². The number of fused-ring (bicyclic) bond motifs is 1. The van der Waals surface area contributed by atoms with Crippen molar-refractivity contribution in [2.45, 2.75) is 25.4 Å². The Morgan fingerprint density at radius 3 is 3.11 bits per heavy atom. The molecule has 1 amide bonds. The van der Waals surface area contributed by atoms with Gasteiger partial charge >= 0.3 is 0 Å². The third-order valence-electron chi connectivity index (χ3n) is 3.53. The van der Waals surface area contributed by atoms with Crippen LogP contribution in [0.25, 0.3) is 0 Å². The maximum Gasteiger partial charge on any atom is 0.224 e. The number of amides is 1. The van der Waals surface area contributed by atoms with Gasteiger partial charge in [0.05, 0.1) is 12.7 Å². The molecule has 2 N–H and O–H groups in total. The molecule has 1 aromatic rings. The van der Waals surface area contributed by atoms with Crippen molar-refractivity contribution in [3.05, 3.63) is 29.3 Å². The summed E-state index contributed by atoms with van der Waals surface area (Å²) in [6.07, 6.45) is 2.65. The van der Waals surface area contributed by atoms with Crippen molar-refractivity contribution in [2.24, 2.45) is 0 Å². The van der Waals surface area contributed by atoms with Gasteiger partial charge in [0.15, 0.2) is 0 Å². The molecule has 1 fully saturated rings. The predicted molar refractivity (Wildman–Crippen MR) is 69.7 cm³/mol. The topological polar surface area (TPSA) is 50.4 Å². The number of anilines is 1. The zero-order valence-electron chi connectivity index (χ0n) is 10.4. The summed E-state index contributed by atoms with van der Waals surface area (Å²) in [7, 11) is 0. The molecule has 1 saturated heterocycles. The third kappa shape index (κ3) is 2.54. The van der Waals surface area contributed by atoms with E-state index in [9.17, 15) is 4.79 Å². The Morgan fingerprint density at radius 2 is 2.28 bits per heavy atom. The number of ether oxygens (including phenoxy) is 1. The lowest BCUT2D eigenvalue weighted by Crippen LogP contribution is -2.39. The first-order chi connectivity index (χ1) is 8.81. The Kier molecular flexibility index (Phi) is 3.30. The van der Waals surface area contributed by atoms with Gasteiger partial charge in [-0.3, -0.25) is 4.79 Å². The molecule has 0 spiro atoms. The van der Waals surface area contributed by atoms with E-state index < -0.39 is 0 Å². The summed E-state index contributed by atoms with van der Waals surface area (Å²) >= 11 is 0. The van der Waals surface area contributed by atoms with E-state index in [-0.39, 0.29) is 12.0 Å². The fraction of sp³-hybridized carbons (Fsp3) is 0.500. The first-order valence-electron chi connectivity index (χ1n) is 6.55. The van der Waals surface area contributed by atoms with E-state index in [1.54, 1.807) is 0 Å². The van der Waals surface area contributed by atoms with Crippen LogP contribution in [0.4, 0.5) is 5.69 Å². The summed E-state index contributed by atoms with van der Waals surface area (Å²) in [6, 6.07) is 6.30. The van der Waals surface area contributed by atoms with Gasteiger partial charge in [0.1, 0.15) is 0 Å². The van der Waals surface area contributed by atoms with Crippen molar-refractivity contribution in [2.75, 3.05) is 25.0 Å². The van der Waals surface area contributed by atoms with Gasteiger partial charge in [0, 0.05) is 25.2 Å². The van der Waals surface area contributed by atoms with E-state index in [2.05, 4.69) is 22.8 Å². The minimum absolute atomic E-state index is 0.120. The maximum atomic E-state index is 11.3. The fourth-order valence-corrected chi connectivity index (χ4v) is 2.58. The van der Waals surface area contributed by atoms with E-state index in [0.717, 1.165) is 38.2 Å². The molecular weight excluding hydrogens is 228 g/mol. The smallest absolute Gasteiger partial charge is 0.224 e. The molecule has 2 aliphatic heterocycles. The van der Waals surface area contributed by atoms with Crippen LogP contribution in [0.3, 0.4) is 0 Å². The van der Waals surface area contributed by atoms with Crippen molar-refractivity contribution < 1.29 is 9.53 Å². The Balaban J connectivity index is 1.71. The monoisotopic (exact) mass is 246 g/mol. The molecule has 0 saturated carbocycles. The Morgan fingerprint density at radius 1 is 1.33 bits per heavy atom. The highest BCUT2D eigenvalue weighted by Crippen LogP contribution is 2.24. The van der Waals surface area contributed by atoms with Crippen LogP contribution in [0, 0.1) is 0 Å². The lowest BCUT2D eigenvalue weighted by atomic mass is 9.98. The zero-order chi connectivity index (χ0) is 12.4. The van der Waals surface area contributed by atoms with Gasteiger partial charge < -0.3 is 15.4 Å². The fourth-order valence-electron chi connectivity index (χ4n) is 2.58. The van der Waals surface area contributed by atoms with E-state index in [1.165, 1.54) is 11.1 Å². The Labute approximate surface area is 107 Å².